The fourth-order valence-corrected chi connectivity index (χ4v) is 5.39. The Labute approximate surface area is 245 Å². The second kappa shape index (κ2) is 14.4. The molecule has 2 N–H and O–H groups in total. The first-order valence-electron chi connectivity index (χ1n) is 13.0. The first-order chi connectivity index (χ1) is 19.4. The first kappa shape index (κ1) is 31.9. The zero-order valence-corrected chi connectivity index (χ0v) is 25.5. The van der Waals surface area contributed by atoms with E-state index < -0.39 is 22.2 Å². The van der Waals surface area contributed by atoms with E-state index in [4.69, 9.17) is 4.74 Å². The van der Waals surface area contributed by atoms with Gasteiger partial charge in [-0.1, -0.05) is 42.5 Å². The number of amides is 2. The molecule has 1 atom stereocenters. The second-order valence-corrected chi connectivity index (χ2v) is 12.8. The summed E-state index contributed by atoms with van der Waals surface area (Å²) in [7, 11) is 0.188. The Balaban J connectivity index is 1.81. The lowest BCUT2D eigenvalue weighted by Crippen LogP contribution is -2.39. The van der Waals surface area contributed by atoms with Crippen molar-refractivity contribution in [2.24, 2.45) is 0 Å². The molecule has 2 amide bonds. The van der Waals surface area contributed by atoms with E-state index in [1.54, 1.807) is 43.0 Å². The van der Waals surface area contributed by atoms with Crippen LogP contribution < -0.4 is 9.46 Å². The van der Waals surface area contributed by atoms with Gasteiger partial charge >= 0.3 is 10.2 Å². The maximum absolute atomic E-state index is 13.4. The van der Waals surface area contributed by atoms with Crippen molar-refractivity contribution < 1.29 is 27.9 Å². The number of carbonyl (C=O) groups excluding carboxylic acids is 2. The van der Waals surface area contributed by atoms with Crippen LogP contribution in [-0.4, -0.2) is 67.3 Å². The number of carbonyl (C=O) groups is 2. The molecular formula is C29H36N4O6S2. The standard InChI is InChI=1S/C29H36N4O6S2/c1-20(34)24-14-13-23(25(18-24)39-5)15-16-27(35)33(17-9-12-22-10-7-6-8-11-22)19-26-30-28(21(2)40-26)29(36)31-41(37,38)32(3)4/h6-8,10-11,13-16,18,20,34H,9,12,17,19H2,1-5H3,(H,31,36)/b16-15+. The zero-order valence-electron chi connectivity index (χ0n) is 23.8. The number of hydrogen-bond donors (Lipinski definition) is 2. The van der Waals surface area contributed by atoms with Crippen LogP contribution in [-0.2, 0) is 28.0 Å². The van der Waals surface area contributed by atoms with Crippen LogP contribution in [0.15, 0.2) is 54.6 Å². The molecule has 0 bridgehead atoms. The minimum Gasteiger partial charge on any atom is -0.496 e. The van der Waals surface area contributed by atoms with Gasteiger partial charge in [-0.05, 0) is 50.0 Å². The van der Waals surface area contributed by atoms with E-state index in [0.29, 0.717) is 39.7 Å². The lowest BCUT2D eigenvalue weighted by Gasteiger charge is -2.20. The molecule has 1 unspecified atom stereocenters. The summed E-state index contributed by atoms with van der Waals surface area (Å²) in [6.07, 6.45) is 3.94. The molecule has 0 radical (unpaired) electrons. The third-order valence-electron chi connectivity index (χ3n) is 6.28. The number of rotatable bonds is 13. The van der Waals surface area contributed by atoms with Crippen molar-refractivity contribution in [1.29, 1.82) is 0 Å². The number of nitrogens with one attached hydrogen (secondary N) is 1. The number of aliphatic hydroxyl groups excluding tert-OH is 1. The van der Waals surface area contributed by atoms with Crippen molar-refractivity contribution in [3.8, 4) is 5.75 Å². The van der Waals surface area contributed by atoms with Gasteiger partial charge in [-0.25, -0.2) is 9.71 Å². The van der Waals surface area contributed by atoms with E-state index in [-0.39, 0.29) is 18.1 Å². The summed E-state index contributed by atoms with van der Waals surface area (Å²) < 4.78 is 32.6. The SMILES string of the molecule is COc1cc(C(C)O)ccc1/C=C/C(=O)N(CCCc1ccccc1)Cc1nc(C(=O)NS(=O)(=O)N(C)C)c(C)s1. The van der Waals surface area contributed by atoms with E-state index in [0.717, 1.165) is 16.3 Å². The fraction of sp³-hybridized carbons (Fsp3) is 0.345. The van der Waals surface area contributed by atoms with Crippen molar-refractivity contribution in [2.75, 3.05) is 27.7 Å². The van der Waals surface area contributed by atoms with Crippen LogP contribution in [0.25, 0.3) is 6.08 Å². The second-order valence-electron chi connectivity index (χ2n) is 9.59. The number of aryl methyl sites for hydroxylation is 2. The lowest BCUT2D eigenvalue weighted by molar-refractivity contribution is -0.126. The molecule has 0 aliphatic rings. The molecule has 2 aromatic carbocycles. The Kier molecular flexibility index (Phi) is 11.2. The number of nitrogens with zero attached hydrogens (tertiary/aromatic N) is 3. The molecule has 0 saturated heterocycles. The summed E-state index contributed by atoms with van der Waals surface area (Å²) in [5.41, 5.74) is 2.54. The van der Waals surface area contributed by atoms with Crippen LogP contribution in [0, 0.1) is 6.92 Å². The molecule has 41 heavy (non-hydrogen) atoms. The van der Waals surface area contributed by atoms with Gasteiger partial charge in [-0.15, -0.1) is 11.3 Å². The number of aromatic nitrogens is 1. The number of hydrogen-bond acceptors (Lipinski definition) is 8. The largest absolute Gasteiger partial charge is 0.496 e. The molecule has 0 saturated carbocycles. The van der Waals surface area contributed by atoms with Crippen molar-refractivity contribution in [3.05, 3.63) is 86.9 Å². The minimum atomic E-state index is -3.97. The minimum absolute atomic E-state index is 0.00518. The van der Waals surface area contributed by atoms with Crippen LogP contribution >= 0.6 is 11.3 Å². The molecule has 1 aromatic heterocycles. The van der Waals surface area contributed by atoms with Crippen molar-refractivity contribution in [3.63, 3.8) is 0 Å². The third kappa shape index (κ3) is 8.95. The Hall–Kier alpha value is -3.58. The molecule has 12 heteroatoms. The number of ether oxygens (including phenoxy) is 1. The Morgan fingerprint density at radius 3 is 2.51 bits per heavy atom. The lowest BCUT2D eigenvalue weighted by atomic mass is 10.1. The summed E-state index contributed by atoms with van der Waals surface area (Å²) in [5, 5.41) is 10.4. The first-order valence-corrected chi connectivity index (χ1v) is 15.2. The Bertz CT molecular complexity index is 1480. The summed E-state index contributed by atoms with van der Waals surface area (Å²) in [4.78, 5) is 32.6. The molecular weight excluding hydrogens is 564 g/mol. The summed E-state index contributed by atoms with van der Waals surface area (Å²) in [5.74, 6) is -0.552. The predicted molar refractivity (Wildman–Crippen MR) is 160 cm³/mol. The van der Waals surface area contributed by atoms with Gasteiger partial charge in [-0.3, -0.25) is 9.59 Å². The summed E-state index contributed by atoms with van der Waals surface area (Å²) in [6, 6.07) is 15.2. The van der Waals surface area contributed by atoms with E-state index in [9.17, 15) is 23.1 Å². The monoisotopic (exact) mass is 600 g/mol. The van der Waals surface area contributed by atoms with Gasteiger partial charge in [0.25, 0.3) is 5.91 Å². The molecule has 0 aliphatic heterocycles. The number of methoxy groups -OCH3 is 1. The van der Waals surface area contributed by atoms with Gasteiger partial charge in [0.1, 0.15) is 16.5 Å². The van der Waals surface area contributed by atoms with Gasteiger partial charge < -0.3 is 14.7 Å². The molecule has 3 aromatic rings. The normalized spacial score (nSPS) is 12.5. The Morgan fingerprint density at radius 2 is 1.88 bits per heavy atom. The highest BCUT2D eigenvalue weighted by molar-refractivity contribution is 7.87. The predicted octanol–water partition coefficient (Wildman–Crippen LogP) is 3.72. The van der Waals surface area contributed by atoms with E-state index in [1.165, 1.54) is 38.6 Å². The van der Waals surface area contributed by atoms with Crippen LogP contribution in [0.3, 0.4) is 0 Å². The average Bonchev–Trinajstić information content (AvgIpc) is 3.31. The smallest absolute Gasteiger partial charge is 0.303 e. The summed E-state index contributed by atoms with van der Waals surface area (Å²) >= 11 is 1.24. The Morgan fingerprint density at radius 1 is 1.17 bits per heavy atom. The van der Waals surface area contributed by atoms with E-state index in [1.807, 2.05) is 35.1 Å². The van der Waals surface area contributed by atoms with Gasteiger partial charge in [0.2, 0.25) is 5.91 Å². The molecule has 0 spiro atoms. The maximum atomic E-state index is 13.4. The molecule has 3 rings (SSSR count). The van der Waals surface area contributed by atoms with Crippen LogP contribution in [0.1, 0.15) is 56.5 Å². The highest BCUT2D eigenvalue weighted by Crippen LogP contribution is 2.25. The fourth-order valence-electron chi connectivity index (χ4n) is 3.93. The highest BCUT2D eigenvalue weighted by Gasteiger charge is 2.23. The number of aliphatic hydroxyl groups is 1. The van der Waals surface area contributed by atoms with Gasteiger partial charge in [0.05, 0.1) is 19.8 Å². The molecule has 220 valence electrons. The maximum Gasteiger partial charge on any atom is 0.303 e. The summed E-state index contributed by atoms with van der Waals surface area (Å²) in [6.45, 7) is 3.93. The quantitative estimate of drug-likeness (QED) is 0.286. The van der Waals surface area contributed by atoms with Crippen molar-refractivity contribution in [2.45, 2.75) is 39.3 Å². The van der Waals surface area contributed by atoms with Gasteiger partial charge in [-0.2, -0.15) is 12.7 Å². The highest BCUT2D eigenvalue weighted by atomic mass is 32.2. The molecule has 0 aliphatic carbocycles. The zero-order chi connectivity index (χ0) is 30.2. The van der Waals surface area contributed by atoms with Crippen molar-refractivity contribution in [1.82, 2.24) is 18.9 Å². The van der Waals surface area contributed by atoms with Crippen LogP contribution in [0.5, 0.6) is 5.75 Å². The average molecular weight is 601 g/mol. The molecule has 1 heterocycles. The molecule has 0 fully saturated rings. The number of benzene rings is 2. The number of thiazole rings is 1. The van der Waals surface area contributed by atoms with Crippen LogP contribution in [0.2, 0.25) is 0 Å². The van der Waals surface area contributed by atoms with E-state index >= 15 is 0 Å². The van der Waals surface area contributed by atoms with Crippen molar-refractivity contribution >= 4 is 39.4 Å². The van der Waals surface area contributed by atoms with Gasteiger partial charge in [0, 0.05) is 37.2 Å². The van der Waals surface area contributed by atoms with Gasteiger partial charge in [0.15, 0.2) is 0 Å². The third-order valence-corrected chi connectivity index (χ3v) is 8.64. The molecule has 10 nitrogen and oxygen atoms in total. The van der Waals surface area contributed by atoms with Crippen LogP contribution in [0.4, 0.5) is 0 Å². The topological polar surface area (TPSA) is 129 Å². The van der Waals surface area contributed by atoms with E-state index in [2.05, 4.69) is 4.98 Å².